The standard InChI is InChI=1S/C16H17N3/c1-2-11-19-12-10-17-16(19)18-15-9-5-7-13-6-3-4-8-14(13)15/h3-10,12H,2,11H2,1H3,(H,17,18). The minimum absolute atomic E-state index is 0.901. The van der Waals surface area contributed by atoms with Crippen molar-refractivity contribution < 1.29 is 0 Å². The molecule has 2 aromatic carbocycles. The van der Waals surface area contributed by atoms with Gasteiger partial charge in [0.2, 0.25) is 5.95 Å². The number of rotatable bonds is 4. The van der Waals surface area contributed by atoms with E-state index in [1.165, 1.54) is 10.8 Å². The highest BCUT2D eigenvalue weighted by Crippen LogP contribution is 2.25. The zero-order valence-corrected chi connectivity index (χ0v) is 11.0. The van der Waals surface area contributed by atoms with Gasteiger partial charge in [0.1, 0.15) is 0 Å². The van der Waals surface area contributed by atoms with Gasteiger partial charge < -0.3 is 9.88 Å². The molecule has 1 aromatic heterocycles. The van der Waals surface area contributed by atoms with Crippen LogP contribution in [0.2, 0.25) is 0 Å². The number of anilines is 2. The SMILES string of the molecule is CCCn1ccnc1Nc1cccc2ccccc12. The quantitative estimate of drug-likeness (QED) is 0.753. The minimum Gasteiger partial charge on any atom is -0.325 e. The van der Waals surface area contributed by atoms with Crippen LogP contribution in [-0.2, 0) is 6.54 Å². The normalized spacial score (nSPS) is 10.8. The summed E-state index contributed by atoms with van der Waals surface area (Å²) in [6.45, 7) is 3.15. The van der Waals surface area contributed by atoms with Crippen LogP contribution in [0, 0.1) is 0 Å². The van der Waals surface area contributed by atoms with Gasteiger partial charge in [0.25, 0.3) is 0 Å². The Labute approximate surface area is 112 Å². The fourth-order valence-corrected chi connectivity index (χ4v) is 2.31. The summed E-state index contributed by atoms with van der Waals surface area (Å²) >= 11 is 0. The third-order valence-electron chi connectivity index (χ3n) is 3.22. The summed E-state index contributed by atoms with van der Waals surface area (Å²) in [7, 11) is 0. The number of aromatic nitrogens is 2. The van der Waals surface area contributed by atoms with Crippen LogP contribution in [0.4, 0.5) is 11.6 Å². The molecule has 3 rings (SSSR count). The zero-order chi connectivity index (χ0) is 13.1. The Morgan fingerprint density at radius 2 is 1.95 bits per heavy atom. The maximum Gasteiger partial charge on any atom is 0.207 e. The van der Waals surface area contributed by atoms with Crippen LogP contribution < -0.4 is 5.32 Å². The third-order valence-corrected chi connectivity index (χ3v) is 3.22. The molecule has 0 spiro atoms. The summed E-state index contributed by atoms with van der Waals surface area (Å²) in [6.07, 6.45) is 4.95. The van der Waals surface area contributed by atoms with Crippen molar-refractivity contribution in [3.8, 4) is 0 Å². The predicted molar refractivity (Wildman–Crippen MR) is 79.7 cm³/mol. The summed E-state index contributed by atoms with van der Waals surface area (Å²) < 4.78 is 2.14. The first-order chi connectivity index (χ1) is 9.38. The highest BCUT2D eigenvalue weighted by Gasteiger charge is 2.04. The molecule has 0 amide bonds. The number of nitrogens with one attached hydrogen (secondary N) is 1. The Balaban J connectivity index is 1.99. The molecule has 0 saturated heterocycles. The number of fused-ring (bicyclic) bond motifs is 1. The van der Waals surface area contributed by atoms with Crippen molar-refractivity contribution in [1.82, 2.24) is 9.55 Å². The molecule has 0 unspecified atom stereocenters. The molecular formula is C16H17N3. The predicted octanol–water partition coefficient (Wildman–Crippen LogP) is 4.19. The van der Waals surface area contributed by atoms with Crippen molar-refractivity contribution >= 4 is 22.4 Å². The molecule has 3 nitrogen and oxygen atoms in total. The van der Waals surface area contributed by atoms with E-state index in [0.29, 0.717) is 0 Å². The van der Waals surface area contributed by atoms with Crippen LogP contribution >= 0.6 is 0 Å². The second-order valence-corrected chi connectivity index (χ2v) is 4.60. The number of imidazole rings is 1. The van der Waals surface area contributed by atoms with Crippen molar-refractivity contribution in [2.45, 2.75) is 19.9 Å². The molecule has 0 aliphatic heterocycles. The van der Waals surface area contributed by atoms with Gasteiger partial charge in [-0.15, -0.1) is 0 Å². The van der Waals surface area contributed by atoms with Gasteiger partial charge in [-0.05, 0) is 17.9 Å². The van der Waals surface area contributed by atoms with Gasteiger partial charge in [0.15, 0.2) is 0 Å². The Kier molecular flexibility index (Phi) is 3.19. The van der Waals surface area contributed by atoms with E-state index < -0.39 is 0 Å². The summed E-state index contributed by atoms with van der Waals surface area (Å²) in [5.74, 6) is 0.901. The first-order valence-electron chi connectivity index (χ1n) is 6.64. The number of aryl methyl sites for hydroxylation is 1. The van der Waals surface area contributed by atoms with Crippen LogP contribution in [0.1, 0.15) is 13.3 Å². The molecule has 0 saturated carbocycles. The van der Waals surface area contributed by atoms with E-state index in [4.69, 9.17) is 0 Å². The lowest BCUT2D eigenvalue weighted by molar-refractivity contribution is 0.686. The maximum atomic E-state index is 4.39. The number of hydrogen-bond acceptors (Lipinski definition) is 2. The summed E-state index contributed by atoms with van der Waals surface area (Å²) in [6, 6.07) is 14.7. The van der Waals surface area contributed by atoms with Gasteiger partial charge in [-0.2, -0.15) is 0 Å². The molecule has 1 N–H and O–H groups in total. The lowest BCUT2D eigenvalue weighted by Crippen LogP contribution is -2.02. The third kappa shape index (κ3) is 2.32. The molecule has 0 atom stereocenters. The lowest BCUT2D eigenvalue weighted by Gasteiger charge is -2.11. The van der Waals surface area contributed by atoms with E-state index in [0.717, 1.165) is 24.6 Å². The molecule has 1 heterocycles. The van der Waals surface area contributed by atoms with E-state index in [1.54, 1.807) is 0 Å². The molecule has 0 radical (unpaired) electrons. The maximum absolute atomic E-state index is 4.39. The molecular weight excluding hydrogens is 234 g/mol. The second-order valence-electron chi connectivity index (χ2n) is 4.60. The highest BCUT2D eigenvalue weighted by molar-refractivity contribution is 5.94. The molecule has 0 bridgehead atoms. The van der Waals surface area contributed by atoms with Crippen molar-refractivity contribution in [2.75, 3.05) is 5.32 Å². The fraction of sp³-hybridized carbons (Fsp3) is 0.188. The van der Waals surface area contributed by atoms with Gasteiger partial charge >= 0.3 is 0 Å². The molecule has 0 aliphatic carbocycles. The van der Waals surface area contributed by atoms with Crippen LogP contribution in [0.3, 0.4) is 0 Å². The summed E-state index contributed by atoms with van der Waals surface area (Å²) in [5, 5.41) is 5.89. The van der Waals surface area contributed by atoms with E-state index >= 15 is 0 Å². The monoisotopic (exact) mass is 251 g/mol. The lowest BCUT2D eigenvalue weighted by atomic mass is 10.1. The molecule has 0 aliphatic rings. The Morgan fingerprint density at radius 3 is 2.84 bits per heavy atom. The number of nitrogens with zero attached hydrogens (tertiary/aromatic N) is 2. The van der Waals surface area contributed by atoms with Gasteiger partial charge in [-0.3, -0.25) is 0 Å². The molecule has 3 heteroatoms. The first-order valence-corrected chi connectivity index (χ1v) is 6.64. The Hall–Kier alpha value is -2.29. The van der Waals surface area contributed by atoms with E-state index in [2.05, 4.69) is 64.3 Å². The summed E-state index contributed by atoms with van der Waals surface area (Å²) in [5.41, 5.74) is 1.10. The Bertz CT molecular complexity index is 680. The smallest absolute Gasteiger partial charge is 0.207 e. The van der Waals surface area contributed by atoms with Gasteiger partial charge in [0, 0.05) is 30.0 Å². The van der Waals surface area contributed by atoms with Gasteiger partial charge in [-0.1, -0.05) is 43.3 Å². The van der Waals surface area contributed by atoms with E-state index in [1.807, 2.05) is 12.4 Å². The molecule has 3 aromatic rings. The van der Waals surface area contributed by atoms with Crippen molar-refractivity contribution in [1.29, 1.82) is 0 Å². The second kappa shape index (κ2) is 5.14. The highest BCUT2D eigenvalue weighted by atomic mass is 15.2. The van der Waals surface area contributed by atoms with Gasteiger partial charge in [0.05, 0.1) is 0 Å². The molecule has 0 fully saturated rings. The number of benzene rings is 2. The van der Waals surface area contributed by atoms with E-state index in [9.17, 15) is 0 Å². The topological polar surface area (TPSA) is 29.9 Å². The minimum atomic E-state index is 0.901. The molecule has 19 heavy (non-hydrogen) atoms. The average Bonchev–Trinajstić information content (AvgIpc) is 2.87. The van der Waals surface area contributed by atoms with Crippen molar-refractivity contribution in [3.63, 3.8) is 0 Å². The number of hydrogen-bond donors (Lipinski definition) is 1. The zero-order valence-electron chi connectivity index (χ0n) is 11.0. The van der Waals surface area contributed by atoms with Crippen molar-refractivity contribution in [2.24, 2.45) is 0 Å². The van der Waals surface area contributed by atoms with Crippen LogP contribution in [0.25, 0.3) is 10.8 Å². The fourth-order valence-electron chi connectivity index (χ4n) is 2.31. The van der Waals surface area contributed by atoms with Crippen LogP contribution in [0.5, 0.6) is 0 Å². The van der Waals surface area contributed by atoms with Crippen molar-refractivity contribution in [3.05, 3.63) is 54.9 Å². The molecule has 96 valence electrons. The summed E-state index contributed by atoms with van der Waals surface area (Å²) in [4.78, 5) is 4.39. The largest absolute Gasteiger partial charge is 0.325 e. The first kappa shape index (κ1) is 11.8. The van der Waals surface area contributed by atoms with E-state index in [-0.39, 0.29) is 0 Å². The van der Waals surface area contributed by atoms with Crippen LogP contribution in [0.15, 0.2) is 54.9 Å². The van der Waals surface area contributed by atoms with Gasteiger partial charge in [-0.25, -0.2) is 4.98 Å². The van der Waals surface area contributed by atoms with Crippen LogP contribution in [-0.4, -0.2) is 9.55 Å². The average molecular weight is 251 g/mol. The Morgan fingerprint density at radius 1 is 1.11 bits per heavy atom.